The Morgan fingerprint density at radius 3 is 2.89 bits per heavy atom. The highest BCUT2D eigenvalue weighted by molar-refractivity contribution is 7.15. The van der Waals surface area contributed by atoms with E-state index in [2.05, 4.69) is 10.3 Å². The van der Waals surface area contributed by atoms with Gasteiger partial charge in [-0.1, -0.05) is 0 Å². The Balaban J connectivity index is 1.74. The van der Waals surface area contributed by atoms with Crippen molar-refractivity contribution >= 4 is 22.2 Å². The van der Waals surface area contributed by atoms with Gasteiger partial charge >= 0.3 is 0 Å². The molecule has 9 heteroatoms. The van der Waals surface area contributed by atoms with E-state index in [-0.39, 0.29) is 25.5 Å². The van der Waals surface area contributed by atoms with E-state index >= 15 is 0 Å². The summed E-state index contributed by atoms with van der Waals surface area (Å²) in [7, 11) is 3.23. The minimum atomic E-state index is -0.0958. The van der Waals surface area contributed by atoms with Gasteiger partial charge in [0.2, 0.25) is 5.91 Å². The second kappa shape index (κ2) is 9.54. The molecule has 8 nitrogen and oxygen atoms in total. The molecule has 0 aliphatic heterocycles. The summed E-state index contributed by atoms with van der Waals surface area (Å²) in [6, 6.07) is 5.56. The number of ether oxygens (including phenoxy) is 3. The lowest BCUT2D eigenvalue weighted by Gasteiger charge is -2.08. The number of aliphatic hydroxyl groups is 1. The number of nitrogens with one attached hydrogen (secondary N) is 1. The third-order valence-electron chi connectivity index (χ3n) is 4.11. The zero-order chi connectivity index (χ0) is 19.9. The number of fused-ring (bicyclic) bond motifs is 1. The number of hydrogen-bond acceptors (Lipinski definition) is 7. The normalized spacial score (nSPS) is 11.0. The molecule has 2 aromatic heterocycles. The molecule has 3 aromatic rings. The number of nitrogens with zero attached hydrogens (tertiary/aromatic N) is 2. The predicted molar refractivity (Wildman–Crippen MR) is 106 cm³/mol. The monoisotopic (exact) mass is 405 g/mol. The molecule has 3 rings (SSSR count). The molecule has 0 aliphatic rings. The summed E-state index contributed by atoms with van der Waals surface area (Å²) in [5.74, 6) is 1.32. The second-order valence-electron chi connectivity index (χ2n) is 5.93. The highest BCUT2D eigenvalue weighted by atomic mass is 32.1. The number of amides is 1. The summed E-state index contributed by atoms with van der Waals surface area (Å²) in [6.45, 7) is 1.02. The van der Waals surface area contributed by atoms with Crippen LogP contribution < -0.4 is 14.8 Å². The Kier molecular flexibility index (Phi) is 6.85. The maximum absolute atomic E-state index is 12.2. The third-order valence-corrected chi connectivity index (χ3v) is 5.00. The summed E-state index contributed by atoms with van der Waals surface area (Å²) < 4.78 is 17.8. The van der Waals surface area contributed by atoms with Gasteiger partial charge in [0, 0.05) is 29.4 Å². The smallest absolute Gasteiger partial charge is 0.226 e. The van der Waals surface area contributed by atoms with Crippen LogP contribution in [-0.2, 0) is 16.0 Å². The second-order valence-corrected chi connectivity index (χ2v) is 6.77. The van der Waals surface area contributed by atoms with Crippen molar-refractivity contribution in [2.24, 2.45) is 0 Å². The summed E-state index contributed by atoms with van der Waals surface area (Å²) in [4.78, 5) is 17.6. The lowest BCUT2D eigenvalue weighted by molar-refractivity contribution is -0.120. The number of thiazole rings is 1. The zero-order valence-corrected chi connectivity index (χ0v) is 16.6. The third kappa shape index (κ3) is 4.61. The van der Waals surface area contributed by atoms with Crippen LogP contribution in [0, 0.1) is 0 Å². The molecule has 1 amide bonds. The van der Waals surface area contributed by atoms with Crippen LogP contribution in [0.1, 0.15) is 5.69 Å². The maximum atomic E-state index is 12.2. The maximum Gasteiger partial charge on any atom is 0.226 e. The van der Waals surface area contributed by atoms with Gasteiger partial charge in [-0.15, -0.1) is 11.3 Å². The van der Waals surface area contributed by atoms with Crippen LogP contribution in [0.5, 0.6) is 11.5 Å². The van der Waals surface area contributed by atoms with Crippen molar-refractivity contribution in [3.05, 3.63) is 35.5 Å². The Morgan fingerprint density at radius 1 is 1.29 bits per heavy atom. The van der Waals surface area contributed by atoms with Crippen molar-refractivity contribution in [2.45, 2.75) is 6.42 Å². The summed E-state index contributed by atoms with van der Waals surface area (Å²) >= 11 is 1.48. The molecule has 0 bridgehead atoms. The van der Waals surface area contributed by atoms with Crippen LogP contribution in [-0.4, -0.2) is 61.0 Å². The Bertz CT molecular complexity index is 937. The number of hydrogen-bond donors (Lipinski definition) is 2. The van der Waals surface area contributed by atoms with Crippen LogP contribution in [0.15, 0.2) is 29.8 Å². The highest BCUT2D eigenvalue weighted by Gasteiger charge is 2.15. The minimum Gasteiger partial charge on any atom is -0.497 e. The number of carbonyl (C=O) groups is 1. The number of benzene rings is 1. The van der Waals surface area contributed by atoms with Gasteiger partial charge in [-0.05, 0) is 18.2 Å². The van der Waals surface area contributed by atoms with Crippen LogP contribution in [0.3, 0.4) is 0 Å². The Hall–Kier alpha value is -2.62. The van der Waals surface area contributed by atoms with E-state index in [1.54, 1.807) is 14.2 Å². The zero-order valence-electron chi connectivity index (χ0n) is 15.8. The molecule has 28 heavy (non-hydrogen) atoms. The van der Waals surface area contributed by atoms with Gasteiger partial charge in [-0.3, -0.25) is 9.20 Å². The van der Waals surface area contributed by atoms with E-state index in [0.29, 0.717) is 18.9 Å². The minimum absolute atomic E-state index is 0.0259. The van der Waals surface area contributed by atoms with E-state index in [0.717, 1.165) is 27.7 Å². The molecule has 0 saturated carbocycles. The van der Waals surface area contributed by atoms with E-state index in [9.17, 15) is 4.79 Å². The number of rotatable bonds is 10. The van der Waals surface area contributed by atoms with Crippen molar-refractivity contribution in [3.8, 4) is 22.8 Å². The van der Waals surface area contributed by atoms with Crippen LogP contribution in [0.4, 0.5) is 0 Å². The number of aliphatic hydroxyl groups excluding tert-OH is 1. The van der Waals surface area contributed by atoms with Gasteiger partial charge in [0.1, 0.15) is 11.5 Å². The number of imidazole rings is 1. The molecule has 2 heterocycles. The number of methoxy groups -OCH3 is 2. The molecule has 0 fully saturated rings. The summed E-state index contributed by atoms with van der Waals surface area (Å²) in [6.07, 6.45) is 2.14. The van der Waals surface area contributed by atoms with Gasteiger partial charge in [0.15, 0.2) is 4.96 Å². The first-order valence-corrected chi connectivity index (χ1v) is 9.67. The molecule has 0 saturated heterocycles. The van der Waals surface area contributed by atoms with Crippen molar-refractivity contribution in [2.75, 3.05) is 40.6 Å². The highest BCUT2D eigenvalue weighted by Crippen LogP contribution is 2.34. The molecular formula is C19H23N3O5S. The summed E-state index contributed by atoms with van der Waals surface area (Å²) in [5, 5.41) is 13.4. The van der Waals surface area contributed by atoms with E-state index < -0.39 is 0 Å². The van der Waals surface area contributed by atoms with Gasteiger partial charge in [-0.25, -0.2) is 4.98 Å². The van der Waals surface area contributed by atoms with Crippen molar-refractivity contribution in [3.63, 3.8) is 0 Å². The van der Waals surface area contributed by atoms with E-state index in [4.69, 9.17) is 19.3 Å². The first kappa shape index (κ1) is 20.1. The lowest BCUT2D eigenvalue weighted by atomic mass is 10.1. The van der Waals surface area contributed by atoms with E-state index in [1.807, 2.05) is 34.2 Å². The summed E-state index contributed by atoms with van der Waals surface area (Å²) in [5.41, 5.74) is 2.44. The van der Waals surface area contributed by atoms with Crippen molar-refractivity contribution in [1.29, 1.82) is 0 Å². The first-order valence-electron chi connectivity index (χ1n) is 8.79. The topological polar surface area (TPSA) is 94.3 Å². The number of carbonyl (C=O) groups excluding carboxylic acids is 1. The fourth-order valence-electron chi connectivity index (χ4n) is 2.76. The first-order chi connectivity index (χ1) is 13.7. The molecule has 1 aromatic carbocycles. The van der Waals surface area contributed by atoms with Crippen molar-refractivity contribution < 1.29 is 24.1 Å². The molecule has 2 N–H and O–H groups in total. The average molecular weight is 405 g/mol. The van der Waals surface area contributed by atoms with Crippen LogP contribution >= 0.6 is 11.3 Å². The lowest BCUT2D eigenvalue weighted by Crippen LogP contribution is -2.29. The molecule has 0 unspecified atom stereocenters. The fourth-order valence-corrected chi connectivity index (χ4v) is 3.63. The standard InChI is InChI=1S/C19H23N3O5S/c1-25-14-3-4-17(26-2)15(10-14)16-11-22-13(12-28-19(22)21-16)9-18(24)20-5-7-27-8-6-23/h3-4,10-12,23H,5-9H2,1-2H3,(H,20,24). The largest absolute Gasteiger partial charge is 0.497 e. The number of aromatic nitrogens is 2. The van der Waals surface area contributed by atoms with Crippen LogP contribution in [0.25, 0.3) is 16.2 Å². The molecule has 0 aliphatic carbocycles. The van der Waals surface area contributed by atoms with Gasteiger partial charge in [-0.2, -0.15) is 0 Å². The van der Waals surface area contributed by atoms with E-state index in [1.165, 1.54) is 11.3 Å². The molecule has 0 spiro atoms. The molecule has 150 valence electrons. The van der Waals surface area contributed by atoms with Gasteiger partial charge in [0.25, 0.3) is 0 Å². The molecule has 0 radical (unpaired) electrons. The fraction of sp³-hybridized carbons (Fsp3) is 0.368. The Morgan fingerprint density at radius 2 is 2.14 bits per heavy atom. The van der Waals surface area contributed by atoms with Gasteiger partial charge < -0.3 is 24.6 Å². The Labute approximate surface area is 166 Å². The molecular weight excluding hydrogens is 382 g/mol. The van der Waals surface area contributed by atoms with Gasteiger partial charge in [0.05, 0.1) is 46.2 Å². The predicted octanol–water partition coefficient (Wildman–Crippen LogP) is 1.75. The van der Waals surface area contributed by atoms with Crippen molar-refractivity contribution in [1.82, 2.24) is 14.7 Å². The quantitative estimate of drug-likeness (QED) is 0.499. The SMILES string of the molecule is COc1ccc(OC)c(-c2cn3c(CC(=O)NCCOCCO)csc3n2)c1. The average Bonchev–Trinajstić information content (AvgIpc) is 3.29. The molecule has 0 atom stereocenters. The van der Waals surface area contributed by atoms with Crippen LogP contribution in [0.2, 0.25) is 0 Å².